The molecule has 4 nitrogen and oxygen atoms in total. The average Bonchev–Trinajstić information content (AvgIpc) is 2.20. The van der Waals surface area contributed by atoms with Crippen molar-refractivity contribution in [3.8, 4) is 0 Å². The molecule has 0 fully saturated rings. The first-order valence-electron chi connectivity index (χ1n) is 6.05. The second kappa shape index (κ2) is 8.47. The molecule has 1 rings (SSSR count). The van der Waals surface area contributed by atoms with Gasteiger partial charge in [-0.15, -0.1) is 24.8 Å². The number of anilines is 1. The maximum atomic E-state index is 11.9. The van der Waals surface area contributed by atoms with E-state index in [9.17, 15) is 4.79 Å². The fourth-order valence-corrected chi connectivity index (χ4v) is 1.55. The van der Waals surface area contributed by atoms with Crippen LogP contribution in [0.15, 0.2) is 18.2 Å². The van der Waals surface area contributed by atoms with Gasteiger partial charge in [0.25, 0.3) is 0 Å². The molecular weight excluding hydrogens is 297 g/mol. The van der Waals surface area contributed by atoms with E-state index in [1.165, 1.54) is 0 Å². The van der Waals surface area contributed by atoms with Crippen LogP contribution < -0.4 is 11.1 Å². The molecule has 6 heteroatoms. The fourth-order valence-electron chi connectivity index (χ4n) is 1.55. The van der Waals surface area contributed by atoms with Crippen LogP contribution in [0.1, 0.15) is 25.0 Å². The van der Waals surface area contributed by atoms with Crippen molar-refractivity contribution >= 4 is 36.4 Å². The quantitative estimate of drug-likeness (QED) is 0.896. The number of rotatable bonds is 4. The predicted molar refractivity (Wildman–Crippen MR) is 90.0 cm³/mol. The fraction of sp³-hybridized carbons (Fsp3) is 0.500. The number of carbonyl (C=O) groups excluding carboxylic acids is 1. The Morgan fingerprint density at radius 1 is 1.30 bits per heavy atom. The number of hydrogen-bond donors (Lipinski definition) is 2. The van der Waals surface area contributed by atoms with Crippen LogP contribution in [0.4, 0.5) is 5.69 Å². The highest BCUT2D eigenvalue weighted by atomic mass is 35.5. The molecule has 0 saturated heterocycles. The number of nitrogens with two attached hydrogens (primary N) is 1. The zero-order chi connectivity index (χ0) is 13.9. The molecule has 0 aromatic heterocycles. The SMILES string of the molecule is Cc1ccc(CN(C)C)cc1NC(=O)C(C)(C)N.Cl.Cl. The standard InChI is InChI=1S/C14H23N3O.2ClH/c1-10-6-7-11(9-17(4)5)8-12(10)16-13(18)14(2,3)15;;/h6-8H,9,15H2,1-5H3,(H,16,18);2*1H. The normalized spacial score (nSPS) is 10.6. The van der Waals surface area contributed by atoms with E-state index in [1.807, 2.05) is 33.2 Å². The molecule has 1 amide bonds. The van der Waals surface area contributed by atoms with E-state index < -0.39 is 5.54 Å². The molecule has 0 aliphatic carbocycles. The number of aryl methyl sites for hydroxylation is 1. The molecule has 0 saturated carbocycles. The van der Waals surface area contributed by atoms with E-state index in [0.29, 0.717) is 0 Å². The summed E-state index contributed by atoms with van der Waals surface area (Å²) in [4.78, 5) is 14.0. The highest BCUT2D eigenvalue weighted by Gasteiger charge is 2.22. The number of carbonyl (C=O) groups is 1. The van der Waals surface area contributed by atoms with Crippen molar-refractivity contribution in [3.63, 3.8) is 0 Å². The molecule has 1 aromatic carbocycles. The van der Waals surface area contributed by atoms with Crippen LogP contribution in [0.5, 0.6) is 0 Å². The molecule has 0 atom stereocenters. The van der Waals surface area contributed by atoms with Crippen molar-refractivity contribution < 1.29 is 4.79 Å². The van der Waals surface area contributed by atoms with E-state index in [2.05, 4.69) is 16.3 Å². The highest BCUT2D eigenvalue weighted by molar-refractivity contribution is 5.97. The second-order valence-electron chi connectivity index (χ2n) is 5.56. The second-order valence-corrected chi connectivity index (χ2v) is 5.56. The van der Waals surface area contributed by atoms with Gasteiger partial charge in [-0.05, 0) is 52.1 Å². The number of benzene rings is 1. The van der Waals surface area contributed by atoms with Gasteiger partial charge < -0.3 is 16.0 Å². The smallest absolute Gasteiger partial charge is 0.243 e. The third-order valence-corrected chi connectivity index (χ3v) is 2.63. The Morgan fingerprint density at radius 2 is 1.85 bits per heavy atom. The largest absolute Gasteiger partial charge is 0.324 e. The van der Waals surface area contributed by atoms with Gasteiger partial charge in [0.2, 0.25) is 5.91 Å². The van der Waals surface area contributed by atoms with Crippen LogP contribution >= 0.6 is 24.8 Å². The molecule has 3 N–H and O–H groups in total. The van der Waals surface area contributed by atoms with Gasteiger partial charge >= 0.3 is 0 Å². The van der Waals surface area contributed by atoms with Crippen molar-refractivity contribution in [2.75, 3.05) is 19.4 Å². The third-order valence-electron chi connectivity index (χ3n) is 2.63. The van der Waals surface area contributed by atoms with Crippen molar-refractivity contribution in [2.24, 2.45) is 5.73 Å². The van der Waals surface area contributed by atoms with Gasteiger partial charge in [0.1, 0.15) is 0 Å². The number of nitrogens with zero attached hydrogens (tertiary/aromatic N) is 1. The lowest BCUT2D eigenvalue weighted by molar-refractivity contribution is -0.120. The summed E-state index contributed by atoms with van der Waals surface area (Å²) in [5.74, 6) is -0.174. The summed E-state index contributed by atoms with van der Waals surface area (Å²) in [5.41, 5.74) is 7.94. The Kier molecular flexibility index (Phi) is 9.10. The van der Waals surface area contributed by atoms with Gasteiger partial charge in [-0.25, -0.2) is 0 Å². The van der Waals surface area contributed by atoms with Gasteiger partial charge in [0, 0.05) is 12.2 Å². The molecule has 0 unspecified atom stereocenters. The summed E-state index contributed by atoms with van der Waals surface area (Å²) < 4.78 is 0. The summed E-state index contributed by atoms with van der Waals surface area (Å²) in [6.45, 7) is 6.20. The van der Waals surface area contributed by atoms with Gasteiger partial charge in [-0.3, -0.25) is 4.79 Å². The molecular formula is C14H25Cl2N3O. The van der Waals surface area contributed by atoms with Gasteiger partial charge in [-0.1, -0.05) is 12.1 Å². The lowest BCUT2D eigenvalue weighted by atomic mass is 10.0. The van der Waals surface area contributed by atoms with E-state index in [0.717, 1.165) is 23.4 Å². The monoisotopic (exact) mass is 321 g/mol. The van der Waals surface area contributed by atoms with Gasteiger partial charge in [-0.2, -0.15) is 0 Å². The zero-order valence-corrected chi connectivity index (χ0v) is 14.3. The first-order valence-corrected chi connectivity index (χ1v) is 6.05. The van der Waals surface area contributed by atoms with Crippen LogP contribution in [0.25, 0.3) is 0 Å². The summed E-state index contributed by atoms with van der Waals surface area (Å²) in [5, 5.41) is 2.88. The van der Waals surface area contributed by atoms with Crippen molar-refractivity contribution in [1.29, 1.82) is 0 Å². The van der Waals surface area contributed by atoms with Crippen molar-refractivity contribution in [1.82, 2.24) is 4.90 Å². The summed E-state index contributed by atoms with van der Waals surface area (Å²) >= 11 is 0. The van der Waals surface area contributed by atoms with Crippen LogP contribution in [0.3, 0.4) is 0 Å². The van der Waals surface area contributed by atoms with E-state index in [-0.39, 0.29) is 30.7 Å². The molecule has 20 heavy (non-hydrogen) atoms. The minimum atomic E-state index is -0.871. The number of hydrogen-bond acceptors (Lipinski definition) is 3. The molecule has 0 aliphatic rings. The minimum Gasteiger partial charge on any atom is -0.324 e. The lowest BCUT2D eigenvalue weighted by Gasteiger charge is -2.19. The van der Waals surface area contributed by atoms with Gasteiger partial charge in [0.15, 0.2) is 0 Å². The maximum absolute atomic E-state index is 11.9. The Balaban J connectivity index is 0. The molecule has 0 heterocycles. The van der Waals surface area contributed by atoms with Crippen LogP contribution in [-0.4, -0.2) is 30.4 Å². The van der Waals surface area contributed by atoms with Gasteiger partial charge in [0.05, 0.1) is 5.54 Å². The molecule has 1 aromatic rings. The molecule has 0 aliphatic heterocycles. The summed E-state index contributed by atoms with van der Waals surface area (Å²) in [7, 11) is 4.03. The summed E-state index contributed by atoms with van der Waals surface area (Å²) in [6.07, 6.45) is 0. The van der Waals surface area contributed by atoms with Crippen molar-refractivity contribution in [2.45, 2.75) is 32.9 Å². The Labute approximate surface area is 133 Å². The summed E-state index contributed by atoms with van der Waals surface area (Å²) in [6, 6.07) is 6.08. The Morgan fingerprint density at radius 3 is 2.30 bits per heavy atom. The van der Waals surface area contributed by atoms with E-state index in [1.54, 1.807) is 13.8 Å². The first kappa shape index (κ1) is 21.5. The van der Waals surface area contributed by atoms with E-state index in [4.69, 9.17) is 5.73 Å². The highest BCUT2D eigenvalue weighted by Crippen LogP contribution is 2.18. The molecule has 116 valence electrons. The topological polar surface area (TPSA) is 58.4 Å². The van der Waals surface area contributed by atoms with Crippen LogP contribution in [-0.2, 0) is 11.3 Å². The number of amides is 1. The number of nitrogens with one attached hydrogen (secondary N) is 1. The average molecular weight is 322 g/mol. The van der Waals surface area contributed by atoms with Crippen LogP contribution in [0, 0.1) is 6.92 Å². The van der Waals surface area contributed by atoms with Crippen molar-refractivity contribution in [3.05, 3.63) is 29.3 Å². The maximum Gasteiger partial charge on any atom is 0.243 e. The third kappa shape index (κ3) is 6.57. The predicted octanol–water partition coefficient (Wildman–Crippen LogP) is 2.58. The Bertz CT molecular complexity index is 443. The lowest BCUT2D eigenvalue weighted by Crippen LogP contribution is -2.45. The molecule has 0 bridgehead atoms. The number of halogens is 2. The van der Waals surface area contributed by atoms with Crippen LogP contribution in [0.2, 0.25) is 0 Å². The first-order chi connectivity index (χ1) is 8.20. The molecule has 0 spiro atoms. The molecule has 0 radical (unpaired) electrons. The van der Waals surface area contributed by atoms with E-state index >= 15 is 0 Å². The minimum absolute atomic E-state index is 0. The Hall–Kier alpha value is -0.810. The zero-order valence-electron chi connectivity index (χ0n) is 12.7.